The fraction of sp³-hybridized carbons (Fsp3) is 0.250. The summed E-state index contributed by atoms with van der Waals surface area (Å²) in [5.74, 6) is 0.0376. The number of hydrogen-bond donors (Lipinski definition) is 1. The van der Waals surface area contributed by atoms with Gasteiger partial charge in [0.1, 0.15) is 0 Å². The molecule has 0 fully saturated rings. The molecule has 3 aromatic rings. The Labute approximate surface area is 169 Å². The zero-order valence-electron chi connectivity index (χ0n) is 14.4. The van der Waals surface area contributed by atoms with Gasteiger partial charge in [0, 0.05) is 26.5 Å². The third-order valence-corrected chi connectivity index (χ3v) is 7.10. The average molecular weight is 447 g/mol. The molecule has 6 heteroatoms. The van der Waals surface area contributed by atoms with Gasteiger partial charge in [-0.25, -0.2) is 0 Å². The maximum Gasteiger partial charge on any atom is 0.238 e. The predicted molar refractivity (Wildman–Crippen MR) is 113 cm³/mol. The van der Waals surface area contributed by atoms with Crippen molar-refractivity contribution < 1.29 is 4.79 Å². The molecule has 0 saturated carbocycles. The van der Waals surface area contributed by atoms with Crippen LogP contribution in [0.5, 0.6) is 0 Å². The molecule has 0 saturated heterocycles. The molecule has 0 unspecified atom stereocenters. The zero-order valence-corrected chi connectivity index (χ0v) is 17.6. The molecule has 4 rings (SSSR count). The molecule has 3 heterocycles. The first-order valence-corrected chi connectivity index (χ1v) is 11.1. The number of anilines is 1. The third kappa shape index (κ3) is 3.64. The monoisotopic (exact) mass is 446 g/mol. The molecule has 1 aliphatic rings. The topological polar surface area (TPSA) is 32.3 Å². The number of nitrogens with zero attached hydrogens (tertiary/aromatic N) is 1. The highest BCUT2D eigenvalue weighted by molar-refractivity contribution is 9.10. The van der Waals surface area contributed by atoms with Gasteiger partial charge in [0.25, 0.3) is 0 Å². The maximum absolute atomic E-state index is 12.7. The van der Waals surface area contributed by atoms with Crippen LogP contribution in [0.25, 0.3) is 0 Å². The van der Waals surface area contributed by atoms with Crippen molar-refractivity contribution in [1.82, 2.24) is 4.90 Å². The largest absolute Gasteiger partial charge is 0.325 e. The molecule has 1 aliphatic heterocycles. The number of amides is 1. The van der Waals surface area contributed by atoms with E-state index in [1.807, 2.05) is 36.5 Å². The number of carbonyl (C=O) groups is 1. The van der Waals surface area contributed by atoms with Crippen molar-refractivity contribution in [1.29, 1.82) is 0 Å². The van der Waals surface area contributed by atoms with Crippen LogP contribution in [0.2, 0.25) is 0 Å². The van der Waals surface area contributed by atoms with E-state index in [1.54, 1.807) is 11.3 Å². The summed E-state index contributed by atoms with van der Waals surface area (Å²) in [6, 6.07) is 12.6. The first kappa shape index (κ1) is 17.9. The van der Waals surface area contributed by atoms with E-state index >= 15 is 0 Å². The number of rotatable bonds is 4. The highest BCUT2D eigenvalue weighted by Crippen LogP contribution is 2.39. The van der Waals surface area contributed by atoms with Gasteiger partial charge in [-0.15, -0.1) is 22.7 Å². The van der Waals surface area contributed by atoms with Crippen LogP contribution < -0.4 is 5.32 Å². The van der Waals surface area contributed by atoms with Crippen molar-refractivity contribution in [3.8, 4) is 0 Å². The Hall–Kier alpha value is -1.47. The Bertz CT molecular complexity index is 920. The van der Waals surface area contributed by atoms with Crippen LogP contribution in [0.15, 0.2) is 51.6 Å². The summed E-state index contributed by atoms with van der Waals surface area (Å²) >= 11 is 7.05. The fourth-order valence-corrected chi connectivity index (χ4v) is 5.72. The van der Waals surface area contributed by atoms with Crippen molar-refractivity contribution in [3.63, 3.8) is 0 Å². The van der Waals surface area contributed by atoms with Gasteiger partial charge in [-0.2, -0.15) is 0 Å². The van der Waals surface area contributed by atoms with Gasteiger partial charge in [0.05, 0.1) is 12.6 Å². The van der Waals surface area contributed by atoms with Gasteiger partial charge >= 0.3 is 0 Å². The lowest BCUT2D eigenvalue weighted by atomic mass is 9.98. The third-order valence-electron chi connectivity index (χ3n) is 4.69. The van der Waals surface area contributed by atoms with Gasteiger partial charge in [-0.05, 0) is 65.6 Å². The second kappa shape index (κ2) is 7.64. The van der Waals surface area contributed by atoms with Crippen molar-refractivity contribution in [2.75, 3.05) is 18.4 Å². The average Bonchev–Trinajstić information content (AvgIpc) is 3.28. The summed E-state index contributed by atoms with van der Waals surface area (Å²) < 4.78 is 1.02. The van der Waals surface area contributed by atoms with Crippen LogP contribution in [0.4, 0.5) is 5.69 Å². The normalized spacial score (nSPS) is 17.1. The standard InChI is InChI=1S/C20H19BrN2OS2/c1-13-11-14(21)4-5-16(13)22-19(24)12-23-8-6-17-15(7-10-26-17)20(23)18-3-2-9-25-18/h2-5,7,9-11,20H,6,8,12H2,1H3,(H,22,24)/t20-/m0/s1. The smallest absolute Gasteiger partial charge is 0.238 e. The van der Waals surface area contributed by atoms with Crippen molar-refractivity contribution in [2.24, 2.45) is 0 Å². The zero-order chi connectivity index (χ0) is 18.1. The molecular formula is C20H19BrN2OS2. The minimum Gasteiger partial charge on any atom is -0.325 e. The summed E-state index contributed by atoms with van der Waals surface area (Å²) in [5.41, 5.74) is 3.29. The molecule has 0 bridgehead atoms. The SMILES string of the molecule is Cc1cc(Br)ccc1NC(=O)CN1CCc2sccc2[C@H]1c1cccs1. The Morgan fingerprint density at radius 3 is 2.92 bits per heavy atom. The lowest BCUT2D eigenvalue weighted by Crippen LogP contribution is -2.40. The number of benzene rings is 1. The van der Waals surface area contributed by atoms with Gasteiger partial charge in [0.2, 0.25) is 5.91 Å². The molecule has 1 aromatic carbocycles. The van der Waals surface area contributed by atoms with Crippen LogP contribution in [0.3, 0.4) is 0 Å². The lowest BCUT2D eigenvalue weighted by molar-refractivity contribution is -0.117. The van der Waals surface area contributed by atoms with E-state index in [0.29, 0.717) is 6.54 Å². The first-order chi connectivity index (χ1) is 12.6. The second-order valence-corrected chi connectivity index (χ2v) is 9.34. The quantitative estimate of drug-likeness (QED) is 0.576. The van der Waals surface area contributed by atoms with Crippen LogP contribution in [0, 0.1) is 6.92 Å². The molecule has 0 spiro atoms. The van der Waals surface area contributed by atoms with Gasteiger partial charge in [-0.3, -0.25) is 9.69 Å². The Morgan fingerprint density at radius 1 is 1.27 bits per heavy atom. The van der Waals surface area contributed by atoms with E-state index in [4.69, 9.17) is 0 Å². The highest BCUT2D eigenvalue weighted by atomic mass is 79.9. The lowest BCUT2D eigenvalue weighted by Gasteiger charge is -2.34. The van der Waals surface area contributed by atoms with E-state index in [1.165, 1.54) is 15.3 Å². The van der Waals surface area contributed by atoms with Crippen LogP contribution in [-0.4, -0.2) is 23.9 Å². The number of fused-ring (bicyclic) bond motifs is 1. The summed E-state index contributed by atoms with van der Waals surface area (Å²) in [5, 5.41) is 7.35. The fourth-order valence-electron chi connectivity index (χ4n) is 3.46. The molecule has 26 heavy (non-hydrogen) atoms. The summed E-state index contributed by atoms with van der Waals surface area (Å²) in [6.07, 6.45) is 1.01. The molecule has 1 atom stereocenters. The van der Waals surface area contributed by atoms with Gasteiger partial charge < -0.3 is 5.32 Å². The predicted octanol–water partition coefficient (Wildman–Crippen LogP) is 5.47. The number of carbonyl (C=O) groups excluding carboxylic acids is 1. The van der Waals surface area contributed by atoms with Crippen molar-refractivity contribution >= 4 is 50.2 Å². The number of thiophene rings is 2. The van der Waals surface area contributed by atoms with Crippen LogP contribution >= 0.6 is 38.6 Å². The molecule has 1 amide bonds. The number of halogens is 1. The minimum atomic E-state index is 0.0376. The summed E-state index contributed by atoms with van der Waals surface area (Å²) in [7, 11) is 0. The molecule has 0 aliphatic carbocycles. The Kier molecular flexibility index (Phi) is 5.27. The number of hydrogen-bond acceptors (Lipinski definition) is 4. The second-order valence-electron chi connectivity index (χ2n) is 6.44. The van der Waals surface area contributed by atoms with E-state index in [-0.39, 0.29) is 11.9 Å². The highest BCUT2D eigenvalue weighted by Gasteiger charge is 2.31. The van der Waals surface area contributed by atoms with E-state index in [0.717, 1.165) is 28.7 Å². The summed E-state index contributed by atoms with van der Waals surface area (Å²) in [4.78, 5) is 17.8. The van der Waals surface area contributed by atoms with E-state index in [9.17, 15) is 4.79 Å². The van der Waals surface area contributed by atoms with E-state index < -0.39 is 0 Å². The van der Waals surface area contributed by atoms with Gasteiger partial charge in [-0.1, -0.05) is 22.0 Å². The molecule has 134 valence electrons. The van der Waals surface area contributed by atoms with Crippen molar-refractivity contribution in [2.45, 2.75) is 19.4 Å². The molecule has 2 aromatic heterocycles. The molecular weight excluding hydrogens is 428 g/mol. The summed E-state index contributed by atoms with van der Waals surface area (Å²) in [6.45, 7) is 3.31. The minimum absolute atomic E-state index is 0.0376. The first-order valence-electron chi connectivity index (χ1n) is 8.51. The Morgan fingerprint density at radius 2 is 2.15 bits per heavy atom. The molecule has 0 radical (unpaired) electrons. The molecule has 3 nitrogen and oxygen atoms in total. The molecule has 1 N–H and O–H groups in total. The van der Waals surface area contributed by atoms with E-state index in [2.05, 4.69) is 55.1 Å². The van der Waals surface area contributed by atoms with Crippen LogP contribution in [-0.2, 0) is 11.2 Å². The van der Waals surface area contributed by atoms with Gasteiger partial charge in [0.15, 0.2) is 0 Å². The Balaban J connectivity index is 1.54. The van der Waals surface area contributed by atoms with Crippen molar-refractivity contribution in [3.05, 3.63) is 72.5 Å². The number of aryl methyl sites for hydroxylation is 1. The maximum atomic E-state index is 12.7. The number of nitrogens with one attached hydrogen (secondary N) is 1. The van der Waals surface area contributed by atoms with Crippen LogP contribution in [0.1, 0.15) is 26.9 Å².